The van der Waals surface area contributed by atoms with Crippen molar-refractivity contribution >= 4 is 5.91 Å². The van der Waals surface area contributed by atoms with E-state index in [1.807, 2.05) is 0 Å². The molecule has 0 saturated heterocycles. The van der Waals surface area contributed by atoms with Gasteiger partial charge in [0.05, 0.1) is 5.56 Å². The molecule has 1 aromatic heterocycles. The van der Waals surface area contributed by atoms with Crippen LogP contribution in [0, 0.1) is 0 Å². The zero-order valence-corrected chi connectivity index (χ0v) is 11.8. The van der Waals surface area contributed by atoms with Crippen LogP contribution < -0.4 is 15.6 Å². The maximum absolute atomic E-state index is 12.0. The molecule has 0 atom stereocenters. The fourth-order valence-electron chi connectivity index (χ4n) is 1.70. The van der Waals surface area contributed by atoms with E-state index in [2.05, 4.69) is 15.0 Å². The molecule has 0 spiro atoms. The van der Waals surface area contributed by atoms with Gasteiger partial charge in [-0.25, -0.2) is 0 Å². The number of amides is 1. The number of aromatic nitrogens is 1. The lowest BCUT2D eigenvalue weighted by Gasteiger charge is -2.10. The van der Waals surface area contributed by atoms with E-state index in [0.717, 1.165) is 0 Å². The highest BCUT2D eigenvalue weighted by Gasteiger charge is 2.28. The summed E-state index contributed by atoms with van der Waals surface area (Å²) in [6.45, 7) is -1.16. The predicted octanol–water partition coefficient (Wildman–Crippen LogP) is 2.25. The summed E-state index contributed by atoms with van der Waals surface area (Å²) in [4.78, 5) is 25.1. The molecule has 1 aromatic carbocycles. The largest absolute Gasteiger partial charge is 0.484 e. The summed E-state index contributed by atoms with van der Waals surface area (Å²) in [5.74, 6) is -0.281. The molecule has 0 aliphatic carbocycles. The summed E-state index contributed by atoms with van der Waals surface area (Å²) < 4.78 is 40.7. The van der Waals surface area contributed by atoms with E-state index < -0.39 is 12.8 Å². The maximum Gasteiger partial charge on any atom is 0.422 e. The number of hydrogen-bond donors (Lipinski definition) is 2. The van der Waals surface area contributed by atoms with Crippen molar-refractivity contribution < 1.29 is 22.7 Å². The third-order valence-corrected chi connectivity index (χ3v) is 2.83. The van der Waals surface area contributed by atoms with Crippen LogP contribution in [-0.2, 0) is 6.54 Å². The molecule has 23 heavy (non-hydrogen) atoms. The lowest BCUT2D eigenvalue weighted by atomic mass is 10.2. The van der Waals surface area contributed by atoms with Crippen molar-refractivity contribution in [3.63, 3.8) is 0 Å². The summed E-state index contributed by atoms with van der Waals surface area (Å²) in [5.41, 5.74) is 0.688. The number of halogens is 3. The standard InChI is InChI=1S/C15H13F3N2O3/c16-15(17,18)9-23-12-4-1-10(2-5-12)7-20-14(22)11-3-6-13(21)19-8-11/h1-6,8H,7,9H2,(H,19,21)(H,20,22). The molecule has 0 aliphatic rings. The highest BCUT2D eigenvalue weighted by molar-refractivity contribution is 5.93. The van der Waals surface area contributed by atoms with Gasteiger partial charge in [0.1, 0.15) is 5.75 Å². The number of alkyl halides is 3. The SMILES string of the molecule is O=C(NCc1ccc(OCC(F)(F)F)cc1)c1ccc(=O)[nH]c1. The number of carbonyl (C=O) groups is 1. The van der Waals surface area contributed by atoms with Crippen molar-refractivity contribution in [1.82, 2.24) is 10.3 Å². The number of nitrogens with one attached hydrogen (secondary N) is 2. The molecule has 122 valence electrons. The van der Waals surface area contributed by atoms with Crippen molar-refractivity contribution in [3.05, 3.63) is 64.1 Å². The van der Waals surface area contributed by atoms with E-state index in [1.165, 1.54) is 30.5 Å². The van der Waals surface area contributed by atoms with Crippen molar-refractivity contribution in [2.45, 2.75) is 12.7 Å². The molecule has 8 heteroatoms. The Kier molecular flexibility index (Phi) is 5.05. The normalized spacial score (nSPS) is 11.1. The van der Waals surface area contributed by atoms with Gasteiger partial charge in [-0.1, -0.05) is 12.1 Å². The van der Waals surface area contributed by atoms with Crippen LogP contribution in [0.25, 0.3) is 0 Å². The molecule has 2 N–H and O–H groups in total. The summed E-state index contributed by atoms with van der Waals surface area (Å²) >= 11 is 0. The van der Waals surface area contributed by atoms with Crippen LogP contribution in [0.5, 0.6) is 5.75 Å². The minimum absolute atomic E-state index is 0.0954. The van der Waals surface area contributed by atoms with Crippen LogP contribution in [0.3, 0.4) is 0 Å². The first kappa shape index (κ1) is 16.6. The van der Waals surface area contributed by atoms with Crippen LogP contribution >= 0.6 is 0 Å². The second kappa shape index (κ2) is 6.99. The quantitative estimate of drug-likeness (QED) is 0.885. The van der Waals surface area contributed by atoms with Gasteiger partial charge in [0, 0.05) is 18.8 Å². The van der Waals surface area contributed by atoms with Crippen LogP contribution in [0.2, 0.25) is 0 Å². The summed E-state index contributed by atoms with van der Waals surface area (Å²) in [7, 11) is 0. The molecule has 1 heterocycles. The Bertz CT molecular complexity index is 703. The average molecular weight is 326 g/mol. The first-order valence-corrected chi connectivity index (χ1v) is 6.59. The van der Waals surface area contributed by atoms with Gasteiger partial charge in [-0.2, -0.15) is 13.2 Å². The molecule has 5 nitrogen and oxygen atoms in total. The molecule has 0 fully saturated rings. The van der Waals surface area contributed by atoms with Crippen molar-refractivity contribution in [3.8, 4) is 5.75 Å². The van der Waals surface area contributed by atoms with Gasteiger partial charge in [-0.3, -0.25) is 9.59 Å². The van der Waals surface area contributed by atoms with Gasteiger partial charge >= 0.3 is 6.18 Å². The number of pyridine rings is 1. The molecule has 0 bridgehead atoms. The Morgan fingerprint density at radius 2 is 1.83 bits per heavy atom. The van der Waals surface area contributed by atoms with Crippen LogP contribution in [0.4, 0.5) is 13.2 Å². The number of rotatable bonds is 5. The molecule has 2 aromatic rings. The Morgan fingerprint density at radius 3 is 2.39 bits per heavy atom. The molecule has 0 aliphatic heterocycles. The number of aromatic amines is 1. The number of benzene rings is 1. The highest BCUT2D eigenvalue weighted by Crippen LogP contribution is 2.18. The van der Waals surface area contributed by atoms with E-state index >= 15 is 0 Å². The highest BCUT2D eigenvalue weighted by atomic mass is 19.4. The molecule has 2 rings (SSSR count). The van der Waals surface area contributed by atoms with Gasteiger partial charge in [-0.15, -0.1) is 0 Å². The van der Waals surface area contributed by atoms with Gasteiger partial charge in [0.2, 0.25) is 5.56 Å². The Balaban J connectivity index is 1.87. The van der Waals surface area contributed by atoms with Crippen molar-refractivity contribution in [1.29, 1.82) is 0 Å². The smallest absolute Gasteiger partial charge is 0.422 e. The van der Waals surface area contributed by atoms with Gasteiger partial charge in [0.15, 0.2) is 6.61 Å². The topological polar surface area (TPSA) is 71.2 Å². The fourth-order valence-corrected chi connectivity index (χ4v) is 1.70. The zero-order chi connectivity index (χ0) is 16.9. The van der Waals surface area contributed by atoms with E-state index in [4.69, 9.17) is 0 Å². The van der Waals surface area contributed by atoms with E-state index in [-0.39, 0.29) is 23.8 Å². The zero-order valence-electron chi connectivity index (χ0n) is 11.8. The molecule has 1 amide bonds. The number of H-pyrrole nitrogens is 1. The van der Waals surface area contributed by atoms with Crippen molar-refractivity contribution in [2.24, 2.45) is 0 Å². The Labute approximate surface area is 129 Å². The summed E-state index contributed by atoms with van der Waals surface area (Å²) in [6.07, 6.45) is -3.09. The Morgan fingerprint density at radius 1 is 1.13 bits per heavy atom. The minimum atomic E-state index is -4.39. The van der Waals surface area contributed by atoms with Gasteiger partial charge < -0.3 is 15.0 Å². The van der Waals surface area contributed by atoms with E-state index in [0.29, 0.717) is 11.1 Å². The first-order chi connectivity index (χ1) is 10.8. The molecular formula is C15H13F3N2O3. The molecule has 0 saturated carbocycles. The number of hydrogen-bond acceptors (Lipinski definition) is 3. The maximum atomic E-state index is 12.0. The van der Waals surface area contributed by atoms with E-state index in [1.54, 1.807) is 12.1 Å². The first-order valence-electron chi connectivity index (χ1n) is 6.59. The fraction of sp³-hybridized carbons (Fsp3) is 0.200. The average Bonchev–Trinajstić information content (AvgIpc) is 2.51. The van der Waals surface area contributed by atoms with Crippen molar-refractivity contribution in [2.75, 3.05) is 6.61 Å². The van der Waals surface area contributed by atoms with E-state index in [9.17, 15) is 22.8 Å². The number of carbonyl (C=O) groups excluding carboxylic acids is 1. The third-order valence-electron chi connectivity index (χ3n) is 2.83. The Hall–Kier alpha value is -2.77. The second-order valence-corrected chi connectivity index (χ2v) is 4.67. The molecule has 0 radical (unpaired) electrons. The van der Waals surface area contributed by atoms with Gasteiger partial charge in [-0.05, 0) is 23.8 Å². The lowest BCUT2D eigenvalue weighted by molar-refractivity contribution is -0.153. The molecule has 0 unspecified atom stereocenters. The lowest BCUT2D eigenvalue weighted by Crippen LogP contribution is -2.23. The predicted molar refractivity (Wildman–Crippen MR) is 76.2 cm³/mol. The van der Waals surface area contributed by atoms with Crippen LogP contribution in [0.15, 0.2) is 47.4 Å². The van der Waals surface area contributed by atoms with Gasteiger partial charge in [0.25, 0.3) is 5.91 Å². The van der Waals surface area contributed by atoms with Crippen LogP contribution in [0.1, 0.15) is 15.9 Å². The second-order valence-electron chi connectivity index (χ2n) is 4.67. The van der Waals surface area contributed by atoms with Crippen LogP contribution in [-0.4, -0.2) is 23.7 Å². The summed E-state index contributed by atoms with van der Waals surface area (Å²) in [6, 6.07) is 8.53. The monoisotopic (exact) mass is 326 g/mol. The third kappa shape index (κ3) is 5.50. The summed E-state index contributed by atoms with van der Waals surface area (Å²) in [5, 5.41) is 2.63. The minimum Gasteiger partial charge on any atom is -0.484 e. The number of ether oxygens (including phenoxy) is 1. The molecular weight excluding hydrogens is 313 g/mol.